The summed E-state index contributed by atoms with van der Waals surface area (Å²) in [5, 5.41) is 0. The maximum atomic E-state index is 12.7. The third-order valence-electron chi connectivity index (χ3n) is 3.51. The maximum absolute atomic E-state index is 12.7. The molecule has 0 saturated carbocycles. The van der Waals surface area contributed by atoms with E-state index in [4.69, 9.17) is 16.2 Å². The van der Waals surface area contributed by atoms with Gasteiger partial charge in [-0.2, -0.15) is 0 Å². The highest BCUT2D eigenvalue weighted by Gasteiger charge is 2.24. The van der Waals surface area contributed by atoms with Crippen LogP contribution in [0.1, 0.15) is 20.8 Å². The van der Waals surface area contributed by atoms with Crippen LogP contribution < -0.4 is 21.3 Å². The monoisotopic (exact) mass is 342 g/mol. The summed E-state index contributed by atoms with van der Waals surface area (Å²) >= 11 is 0. The highest BCUT2D eigenvalue weighted by molar-refractivity contribution is 5.88. The van der Waals surface area contributed by atoms with Crippen LogP contribution in [-0.2, 0) is 4.74 Å². The molecule has 0 unspecified atom stereocenters. The highest BCUT2D eigenvalue weighted by Crippen LogP contribution is 2.22. The van der Waals surface area contributed by atoms with Crippen LogP contribution in [0.2, 0.25) is 0 Å². The molecule has 6 nitrogen and oxygen atoms in total. The average molecular weight is 342 g/mol. The van der Waals surface area contributed by atoms with E-state index >= 15 is 0 Å². The summed E-state index contributed by atoms with van der Waals surface area (Å²) < 4.78 is 5.55. The van der Waals surface area contributed by atoms with Gasteiger partial charge in [-0.25, -0.2) is 4.79 Å². The molecular formula is C19H26N4O2. The minimum absolute atomic E-state index is 0.322. The predicted octanol–water partition coefficient (Wildman–Crippen LogP) is 3.69. The molecule has 1 amide bonds. The van der Waals surface area contributed by atoms with E-state index in [0.717, 1.165) is 5.69 Å². The SMILES string of the molecule is CN(CN(C(=O)OC(C)(C)C)c1ccc(N)cc1)c1ccc(N)cc1. The van der Waals surface area contributed by atoms with Gasteiger partial charge < -0.3 is 21.1 Å². The maximum Gasteiger partial charge on any atom is 0.416 e. The normalized spacial score (nSPS) is 11.0. The van der Waals surface area contributed by atoms with Crippen molar-refractivity contribution in [1.29, 1.82) is 0 Å². The number of carbonyl (C=O) groups excluding carboxylic acids is 1. The second-order valence-corrected chi connectivity index (χ2v) is 6.93. The zero-order valence-corrected chi connectivity index (χ0v) is 15.2. The van der Waals surface area contributed by atoms with Crippen molar-refractivity contribution in [2.45, 2.75) is 26.4 Å². The Balaban J connectivity index is 2.25. The molecule has 0 atom stereocenters. The van der Waals surface area contributed by atoms with Gasteiger partial charge in [0.25, 0.3) is 0 Å². The van der Waals surface area contributed by atoms with Crippen LogP contribution in [0, 0.1) is 0 Å². The van der Waals surface area contributed by atoms with Gasteiger partial charge in [-0.15, -0.1) is 0 Å². The third kappa shape index (κ3) is 5.31. The quantitative estimate of drug-likeness (QED) is 0.654. The molecule has 0 fully saturated rings. The van der Waals surface area contributed by atoms with E-state index in [0.29, 0.717) is 23.7 Å². The Bertz CT molecular complexity index is 706. The average Bonchev–Trinajstić information content (AvgIpc) is 2.52. The summed E-state index contributed by atoms with van der Waals surface area (Å²) in [5.41, 5.74) is 13.9. The van der Waals surface area contributed by atoms with Crippen LogP contribution in [0.4, 0.5) is 27.5 Å². The van der Waals surface area contributed by atoms with Gasteiger partial charge in [0.05, 0.1) is 0 Å². The minimum atomic E-state index is -0.580. The molecule has 0 aliphatic heterocycles. The van der Waals surface area contributed by atoms with Crippen LogP contribution in [0.15, 0.2) is 48.5 Å². The van der Waals surface area contributed by atoms with E-state index in [2.05, 4.69) is 0 Å². The lowest BCUT2D eigenvalue weighted by Gasteiger charge is -2.31. The number of ether oxygens (including phenoxy) is 1. The number of amides is 1. The molecule has 25 heavy (non-hydrogen) atoms. The van der Waals surface area contributed by atoms with Gasteiger partial charge in [-0.3, -0.25) is 4.90 Å². The van der Waals surface area contributed by atoms with Crippen molar-refractivity contribution >= 4 is 28.8 Å². The van der Waals surface area contributed by atoms with Crippen LogP contribution in [0.25, 0.3) is 0 Å². The lowest BCUT2D eigenvalue weighted by atomic mass is 10.2. The summed E-state index contributed by atoms with van der Waals surface area (Å²) in [6.45, 7) is 5.85. The predicted molar refractivity (Wildman–Crippen MR) is 104 cm³/mol. The van der Waals surface area contributed by atoms with Gasteiger partial charge in [0, 0.05) is 29.8 Å². The largest absolute Gasteiger partial charge is 0.443 e. The lowest BCUT2D eigenvalue weighted by Crippen LogP contribution is -2.43. The molecule has 4 N–H and O–H groups in total. The van der Waals surface area contributed by atoms with Gasteiger partial charge in [-0.1, -0.05) is 0 Å². The molecule has 0 spiro atoms. The van der Waals surface area contributed by atoms with Gasteiger partial charge in [0.15, 0.2) is 0 Å². The van der Waals surface area contributed by atoms with Crippen molar-refractivity contribution in [3.63, 3.8) is 0 Å². The first-order chi connectivity index (χ1) is 11.7. The van der Waals surface area contributed by atoms with Crippen LogP contribution >= 0.6 is 0 Å². The Morgan fingerprint density at radius 3 is 1.80 bits per heavy atom. The fraction of sp³-hybridized carbons (Fsp3) is 0.316. The summed E-state index contributed by atoms with van der Waals surface area (Å²) in [4.78, 5) is 16.2. The number of benzene rings is 2. The highest BCUT2D eigenvalue weighted by atomic mass is 16.6. The summed E-state index contributed by atoms with van der Waals surface area (Å²) in [7, 11) is 1.90. The smallest absolute Gasteiger partial charge is 0.416 e. The Kier molecular flexibility index (Phi) is 5.41. The Labute approximate surface area is 149 Å². The molecule has 6 heteroatoms. The molecule has 0 aliphatic rings. The molecule has 0 aromatic heterocycles. The molecule has 0 heterocycles. The summed E-state index contributed by atoms with van der Waals surface area (Å²) in [5.74, 6) is 0. The second-order valence-electron chi connectivity index (χ2n) is 6.93. The van der Waals surface area contributed by atoms with Crippen molar-refractivity contribution in [2.24, 2.45) is 0 Å². The zero-order chi connectivity index (χ0) is 18.6. The Morgan fingerprint density at radius 1 is 0.920 bits per heavy atom. The van der Waals surface area contributed by atoms with E-state index in [9.17, 15) is 4.79 Å². The number of carbonyl (C=O) groups is 1. The number of nitrogens with zero attached hydrogens (tertiary/aromatic N) is 2. The molecule has 2 aromatic rings. The number of nitrogens with two attached hydrogens (primary N) is 2. The Morgan fingerprint density at radius 2 is 1.36 bits per heavy atom. The zero-order valence-electron chi connectivity index (χ0n) is 15.2. The molecule has 0 bridgehead atoms. The summed E-state index contributed by atoms with van der Waals surface area (Å²) in [6, 6.07) is 14.6. The number of hydrogen-bond donors (Lipinski definition) is 2. The van der Waals surface area contributed by atoms with E-state index in [1.165, 1.54) is 0 Å². The van der Waals surface area contributed by atoms with Crippen molar-refractivity contribution in [3.05, 3.63) is 48.5 Å². The van der Waals surface area contributed by atoms with Crippen LogP contribution in [0.3, 0.4) is 0 Å². The standard InChI is InChI=1S/C19H26N4O2/c1-19(2,3)25-18(24)23(17-11-7-15(21)8-12-17)13-22(4)16-9-5-14(20)6-10-16/h5-12H,13,20-21H2,1-4H3. The first kappa shape index (κ1) is 18.4. The molecule has 0 saturated heterocycles. The van der Waals surface area contributed by atoms with E-state index in [1.54, 1.807) is 29.2 Å². The van der Waals surface area contributed by atoms with Crippen molar-refractivity contribution in [3.8, 4) is 0 Å². The van der Waals surface area contributed by atoms with Gasteiger partial charge in [0.1, 0.15) is 12.3 Å². The van der Waals surface area contributed by atoms with E-state index in [-0.39, 0.29) is 0 Å². The number of anilines is 4. The summed E-state index contributed by atoms with van der Waals surface area (Å²) in [6.07, 6.45) is -0.417. The van der Waals surface area contributed by atoms with Crippen LogP contribution in [0.5, 0.6) is 0 Å². The van der Waals surface area contributed by atoms with E-state index in [1.807, 2.05) is 57.0 Å². The molecule has 2 rings (SSSR count). The van der Waals surface area contributed by atoms with Gasteiger partial charge in [0.2, 0.25) is 0 Å². The first-order valence-electron chi connectivity index (χ1n) is 8.08. The van der Waals surface area contributed by atoms with Gasteiger partial charge in [-0.05, 0) is 69.3 Å². The molecule has 134 valence electrons. The van der Waals surface area contributed by atoms with E-state index < -0.39 is 11.7 Å². The molecule has 0 aliphatic carbocycles. The lowest BCUT2D eigenvalue weighted by molar-refractivity contribution is 0.0580. The minimum Gasteiger partial charge on any atom is -0.443 e. The Hall–Kier alpha value is -2.89. The second kappa shape index (κ2) is 7.34. The third-order valence-corrected chi connectivity index (χ3v) is 3.51. The topological polar surface area (TPSA) is 84.8 Å². The fourth-order valence-electron chi connectivity index (χ4n) is 2.24. The molecule has 2 aromatic carbocycles. The van der Waals surface area contributed by atoms with Crippen LogP contribution in [-0.4, -0.2) is 25.4 Å². The van der Waals surface area contributed by atoms with Crippen molar-refractivity contribution < 1.29 is 9.53 Å². The van der Waals surface area contributed by atoms with Crippen molar-refractivity contribution in [2.75, 3.05) is 35.0 Å². The molecule has 0 radical (unpaired) electrons. The van der Waals surface area contributed by atoms with Crippen molar-refractivity contribution in [1.82, 2.24) is 0 Å². The number of hydrogen-bond acceptors (Lipinski definition) is 5. The number of rotatable bonds is 4. The molecular weight excluding hydrogens is 316 g/mol. The fourth-order valence-corrected chi connectivity index (χ4v) is 2.24. The van der Waals surface area contributed by atoms with Gasteiger partial charge >= 0.3 is 6.09 Å². The first-order valence-corrected chi connectivity index (χ1v) is 8.08. The number of nitrogen functional groups attached to an aromatic ring is 2.